The lowest BCUT2D eigenvalue weighted by molar-refractivity contribution is -0.763. The molecule has 1 unspecified atom stereocenters. The topological polar surface area (TPSA) is 143 Å². The van der Waals surface area contributed by atoms with Crippen molar-refractivity contribution in [2.24, 2.45) is 0 Å². The third kappa shape index (κ3) is 12.9. The quantitative estimate of drug-likeness (QED) is 0.0415. The van der Waals surface area contributed by atoms with Gasteiger partial charge in [0.05, 0.1) is 13.7 Å². The first-order valence-corrected chi connectivity index (χ1v) is 14.9. The molecule has 12 nitrogen and oxygen atoms in total. The van der Waals surface area contributed by atoms with Gasteiger partial charge in [-0.25, -0.2) is 0 Å². The lowest BCUT2D eigenvalue weighted by atomic mass is 10.1. The van der Waals surface area contributed by atoms with Crippen molar-refractivity contribution in [3.8, 4) is 17.2 Å². The number of benzene rings is 3. The van der Waals surface area contributed by atoms with Crippen molar-refractivity contribution < 1.29 is 38.4 Å². The molecule has 12 heteroatoms. The summed E-state index contributed by atoms with van der Waals surface area (Å²) < 4.78 is 27.1. The Hall–Kier alpha value is -5.33. The summed E-state index contributed by atoms with van der Waals surface area (Å²) in [4.78, 5) is 28.5. The molecule has 2 N–H and O–H groups in total. The fourth-order valence-electron chi connectivity index (χ4n) is 4.38. The van der Waals surface area contributed by atoms with Crippen LogP contribution in [0.1, 0.15) is 23.7 Å². The molecule has 250 valence electrons. The fraction of sp³-hybridized carbons (Fsp3) is 0.286. The van der Waals surface area contributed by atoms with Gasteiger partial charge in [0.2, 0.25) is 0 Å². The first kappa shape index (κ1) is 36.1. The number of hydrogen-bond acceptors (Lipinski definition) is 10. The highest BCUT2D eigenvalue weighted by molar-refractivity contribution is 5.88. The van der Waals surface area contributed by atoms with Gasteiger partial charge in [0, 0.05) is 36.8 Å². The summed E-state index contributed by atoms with van der Waals surface area (Å²) in [6.07, 6.45) is 7.48. The van der Waals surface area contributed by atoms with Crippen molar-refractivity contribution >= 4 is 23.5 Å². The van der Waals surface area contributed by atoms with Crippen LogP contribution in [0.4, 0.5) is 0 Å². The van der Waals surface area contributed by atoms with Crippen molar-refractivity contribution in [3.63, 3.8) is 0 Å². The van der Waals surface area contributed by atoms with Crippen LogP contribution in [0, 0.1) is 10.1 Å². The Kier molecular flexibility index (Phi) is 15.9. The Bertz CT molecular complexity index is 1590. The normalized spacial score (nSPS) is 11.6. The van der Waals surface area contributed by atoms with E-state index >= 15 is 0 Å². The highest BCUT2D eigenvalue weighted by atomic mass is 16.9. The third-order valence-electron chi connectivity index (χ3n) is 6.51. The van der Waals surface area contributed by atoms with Gasteiger partial charge < -0.3 is 38.8 Å². The molecule has 4 aromatic rings. The van der Waals surface area contributed by atoms with Crippen LogP contribution in [-0.4, -0.2) is 63.2 Å². The van der Waals surface area contributed by atoms with Gasteiger partial charge in [-0.15, -0.1) is 10.1 Å². The Morgan fingerprint density at radius 1 is 0.915 bits per heavy atom. The minimum Gasteiger partial charge on any atom is -0.493 e. The number of carbonyl (C=O) groups excluding carboxylic acids is 1. The molecule has 47 heavy (non-hydrogen) atoms. The Morgan fingerprint density at radius 3 is 2.38 bits per heavy atom. The van der Waals surface area contributed by atoms with Crippen molar-refractivity contribution in [2.45, 2.75) is 26.2 Å². The van der Waals surface area contributed by atoms with Crippen LogP contribution in [0.2, 0.25) is 0 Å². The minimum absolute atomic E-state index is 0.0233. The molecule has 0 saturated heterocycles. The lowest BCUT2D eigenvalue weighted by Crippen LogP contribution is -2.35. The summed E-state index contributed by atoms with van der Waals surface area (Å²) in [5.41, 5.74) is 3.69. The summed E-state index contributed by atoms with van der Waals surface area (Å²) in [6, 6.07) is 22.6. The van der Waals surface area contributed by atoms with Gasteiger partial charge in [-0.1, -0.05) is 60.7 Å². The number of allylic oxidation sites excluding steroid dienone is 3. The van der Waals surface area contributed by atoms with E-state index in [1.807, 2.05) is 98.0 Å². The number of rotatable bonds is 19. The van der Waals surface area contributed by atoms with E-state index in [-0.39, 0.29) is 13.2 Å². The van der Waals surface area contributed by atoms with E-state index in [1.165, 1.54) is 0 Å². The molecule has 1 atom stereocenters. The number of para-hydroxylation sites is 2. The summed E-state index contributed by atoms with van der Waals surface area (Å²) in [5.74, 6) is 2.10. The second-order valence-electron chi connectivity index (χ2n) is 9.95. The maximum atomic E-state index is 10.9. The maximum Gasteiger partial charge on any atom is 0.294 e. The smallest absolute Gasteiger partial charge is 0.294 e. The van der Waals surface area contributed by atoms with Crippen molar-refractivity contribution in [2.75, 3.05) is 40.5 Å². The predicted molar refractivity (Wildman–Crippen MR) is 179 cm³/mol. The van der Waals surface area contributed by atoms with Crippen LogP contribution < -0.4 is 19.5 Å². The molecule has 3 aromatic carbocycles. The summed E-state index contributed by atoms with van der Waals surface area (Å²) in [5, 5.41) is 13.3. The zero-order valence-electron chi connectivity index (χ0n) is 26.8. The first-order valence-electron chi connectivity index (χ1n) is 14.9. The van der Waals surface area contributed by atoms with Gasteiger partial charge in [0.15, 0.2) is 11.5 Å². The number of nitrogens with zero attached hydrogens (tertiary/aromatic N) is 1. The molecule has 4 rings (SSSR count). The molecule has 0 bridgehead atoms. The number of methoxy groups -OCH3 is 2. The second-order valence-corrected chi connectivity index (χ2v) is 9.95. The standard InChI is InChI=1S/C26H30N2O5.C9H11NO4/c1-3-4-5-9-20-16-22-23(28-20)10-8-13-24(22)32-18-21(33-19-29)17-27-14-15-31-26-12-7-6-11-25(26)30-2;1-13-6-8-3-2-4-9(5-8)7-14-10(11)12/h3-13,16,19,21,27-28H,14-15,17-18H2,1-2H3;2-5H,6-7H2,1H3/b4-3-,9-5-;. The van der Waals surface area contributed by atoms with Gasteiger partial charge in [-0.05, 0) is 54.5 Å². The number of aromatic nitrogens is 1. The number of H-pyrrole nitrogens is 1. The van der Waals surface area contributed by atoms with E-state index in [1.54, 1.807) is 20.3 Å². The highest BCUT2D eigenvalue weighted by Crippen LogP contribution is 2.27. The Balaban J connectivity index is 0.000000358. The Labute approximate surface area is 274 Å². The van der Waals surface area contributed by atoms with Crippen LogP contribution in [0.25, 0.3) is 17.0 Å². The van der Waals surface area contributed by atoms with Crippen molar-refractivity contribution in [3.05, 3.63) is 118 Å². The molecule has 0 aliphatic rings. The number of carbonyl (C=O) groups is 1. The van der Waals surface area contributed by atoms with Crippen LogP contribution in [0.15, 0.2) is 91.0 Å². The first-order chi connectivity index (χ1) is 23.0. The summed E-state index contributed by atoms with van der Waals surface area (Å²) >= 11 is 0. The highest BCUT2D eigenvalue weighted by Gasteiger charge is 2.13. The number of fused-ring (bicyclic) bond motifs is 1. The average molecular weight is 648 g/mol. The van der Waals surface area contributed by atoms with Crippen molar-refractivity contribution in [1.82, 2.24) is 10.3 Å². The van der Waals surface area contributed by atoms with Crippen LogP contribution in [0.5, 0.6) is 17.2 Å². The summed E-state index contributed by atoms with van der Waals surface area (Å²) in [7, 11) is 3.21. The lowest BCUT2D eigenvalue weighted by Gasteiger charge is -2.17. The molecule has 0 saturated carbocycles. The minimum atomic E-state index is -0.803. The molecule has 0 fully saturated rings. The molecule has 0 spiro atoms. The van der Waals surface area contributed by atoms with Crippen LogP contribution in [0.3, 0.4) is 0 Å². The molecule has 0 radical (unpaired) electrons. The van der Waals surface area contributed by atoms with Gasteiger partial charge in [-0.3, -0.25) is 4.79 Å². The van der Waals surface area contributed by atoms with E-state index in [4.69, 9.17) is 23.7 Å². The maximum absolute atomic E-state index is 10.9. The van der Waals surface area contributed by atoms with E-state index in [0.717, 1.165) is 33.5 Å². The van der Waals surface area contributed by atoms with Gasteiger partial charge in [-0.2, -0.15) is 0 Å². The zero-order valence-corrected chi connectivity index (χ0v) is 26.8. The largest absolute Gasteiger partial charge is 0.493 e. The Morgan fingerprint density at radius 2 is 1.66 bits per heavy atom. The average Bonchev–Trinajstić information content (AvgIpc) is 3.51. The van der Waals surface area contributed by atoms with Crippen LogP contribution >= 0.6 is 0 Å². The monoisotopic (exact) mass is 647 g/mol. The van der Waals surface area contributed by atoms with Crippen molar-refractivity contribution in [1.29, 1.82) is 0 Å². The zero-order chi connectivity index (χ0) is 33.7. The third-order valence-corrected chi connectivity index (χ3v) is 6.51. The fourth-order valence-corrected chi connectivity index (χ4v) is 4.38. The molecule has 0 aliphatic carbocycles. The van der Waals surface area contributed by atoms with Gasteiger partial charge in [0.25, 0.3) is 11.6 Å². The van der Waals surface area contributed by atoms with E-state index in [9.17, 15) is 14.9 Å². The molecule has 0 aliphatic heterocycles. The van der Waals surface area contributed by atoms with Gasteiger partial charge in [0.1, 0.15) is 31.7 Å². The van der Waals surface area contributed by atoms with E-state index in [2.05, 4.69) is 15.1 Å². The predicted octanol–water partition coefficient (Wildman–Crippen LogP) is 5.90. The molecular weight excluding hydrogens is 606 g/mol. The summed E-state index contributed by atoms with van der Waals surface area (Å²) in [6.45, 7) is 4.58. The van der Waals surface area contributed by atoms with Gasteiger partial charge >= 0.3 is 0 Å². The number of ether oxygens (including phenoxy) is 5. The van der Waals surface area contributed by atoms with Crippen LogP contribution in [-0.2, 0) is 32.3 Å². The molecule has 1 heterocycles. The molecule has 1 aromatic heterocycles. The number of aromatic amines is 1. The number of nitrogens with one attached hydrogen (secondary N) is 2. The van der Waals surface area contributed by atoms with E-state index in [0.29, 0.717) is 44.3 Å². The second kappa shape index (κ2) is 20.7. The SMILES string of the molecule is C/C=C\C=C/c1cc2c(OCC(CNCCOc3ccccc3OC)OC=O)cccc2[nH]1.COCc1cccc(CO[N+](=O)[O-])c1. The molecular formula is C35H41N3O9. The van der Waals surface area contributed by atoms with E-state index < -0.39 is 11.2 Å². The molecule has 0 amide bonds. The number of hydrogen-bond donors (Lipinski definition) is 2.